The maximum absolute atomic E-state index is 4.39. The lowest BCUT2D eigenvalue weighted by Crippen LogP contribution is -2.03. The second-order valence-corrected chi connectivity index (χ2v) is 5.16. The van der Waals surface area contributed by atoms with Crippen molar-refractivity contribution in [3.63, 3.8) is 0 Å². The number of nitrogens with one attached hydrogen (secondary N) is 1. The Bertz CT molecular complexity index is 504. The molecule has 3 rings (SSSR count). The van der Waals surface area contributed by atoms with Gasteiger partial charge in [0.2, 0.25) is 5.95 Å². The molecule has 1 saturated carbocycles. The van der Waals surface area contributed by atoms with E-state index in [1.54, 1.807) is 4.52 Å². The molecule has 1 aliphatic rings. The molecule has 0 radical (unpaired) electrons. The van der Waals surface area contributed by atoms with E-state index in [-0.39, 0.29) is 0 Å². The lowest BCUT2D eigenvalue weighted by molar-refractivity contribution is 0.755. The van der Waals surface area contributed by atoms with Gasteiger partial charge in [-0.15, -0.1) is 5.10 Å². The second kappa shape index (κ2) is 4.05. The maximum atomic E-state index is 4.39. The van der Waals surface area contributed by atoms with Crippen LogP contribution in [0.5, 0.6) is 0 Å². The van der Waals surface area contributed by atoms with Gasteiger partial charge >= 0.3 is 0 Å². The largest absolute Gasteiger partial charge is 0.353 e. The molecule has 0 saturated heterocycles. The van der Waals surface area contributed by atoms with Crippen LogP contribution in [-0.2, 0) is 0 Å². The summed E-state index contributed by atoms with van der Waals surface area (Å²) in [5, 5.41) is 7.62. The number of pyridine rings is 1. The zero-order chi connectivity index (χ0) is 11.0. The summed E-state index contributed by atoms with van der Waals surface area (Å²) in [7, 11) is 0. The summed E-state index contributed by atoms with van der Waals surface area (Å²) < 4.78 is 2.79. The van der Waals surface area contributed by atoms with Crippen molar-refractivity contribution in [2.45, 2.75) is 19.3 Å². The molecule has 2 aromatic rings. The third-order valence-electron chi connectivity index (χ3n) is 2.83. The van der Waals surface area contributed by atoms with Crippen LogP contribution in [0.3, 0.4) is 0 Å². The number of hydrogen-bond acceptors (Lipinski definition) is 3. The fourth-order valence-corrected chi connectivity index (χ4v) is 2.05. The Balaban J connectivity index is 1.71. The molecule has 2 aromatic heterocycles. The molecule has 0 bridgehead atoms. The predicted molar refractivity (Wildman–Crippen MR) is 66.5 cm³/mol. The Kier molecular flexibility index (Phi) is 2.55. The lowest BCUT2D eigenvalue weighted by atomic mass is 10.3. The van der Waals surface area contributed by atoms with E-state index in [0.29, 0.717) is 0 Å². The van der Waals surface area contributed by atoms with Crippen molar-refractivity contribution in [2.75, 3.05) is 11.9 Å². The highest BCUT2D eigenvalue weighted by molar-refractivity contribution is 9.10. The van der Waals surface area contributed by atoms with Crippen molar-refractivity contribution < 1.29 is 0 Å². The first kappa shape index (κ1) is 10.1. The van der Waals surface area contributed by atoms with Crippen molar-refractivity contribution in [2.24, 2.45) is 5.92 Å². The van der Waals surface area contributed by atoms with Crippen LogP contribution in [0.15, 0.2) is 22.8 Å². The Labute approximate surface area is 102 Å². The molecule has 0 amide bonds. The van der Waals surface area contributed by atoms with E-state index >= 15 is 0 Å². The summed E-state index contributed by atoms with van der Waals surface area (Å²) >= 11 is 3.41. The van der Waals surface area contributed by atoms with E-state index < -0.39 is 0 Å². The van der Waals surface area contributed by atoms with Gasteiger partial charge in [0, 0.05) is 17.2 Å². The minimum absolute atomic E-state index is 0.721. The molecule has 1 N–H and O–H groups in total. The highest BCUT2D eigenvalue weighted by Crippen LogP contribution is 2.31. The summed E-state index contributed by atoms with van der Waals surface area (Å²) in [4.78, 5) is 4.39. The average Bonchev–Trinajstić information content (AvgIpc) is 2.98. The average molecular weight is 281 g/mol. The molecule has 16 heavy (non-hydrogen) atoms. The summed E-state index contributed by atoms with van der Waals surface area (Å²) in [5.41, 5.74) is 0.872. The van der Waals surface area contributed by atoms with Crippen LogP contribution in [0, 0.1) is 5.92 Å². The van der Waals surface area contributed by atoms with Gasteiger partial charge in [-0.2, -0.15) is 4.98 Å². The highest BCUT2D eigenvalue weighted by Gasteiger charge is 2.20. The first-order valence-electron chi connectivity index (χ1n) is 5.57. The van der Waals surface area contributed by atoms with E-state index in [1.165, 1.54) is 19.3 Å². The van der Waals surface area contributed by atoms with Crippen LogP contribution in [0.25, 0.3) is 5.65 Å². The molecule has 0 aromatic carbocycles. The quantitative estimate of drug-likeness (QED) is 0.937. The van der Waals surface area contributed by atoms with Crippen LogP contribution >= 0.6 is 15.9 Å². The van der Waals surface area contributed by atoms with Crippen LogP contribution in [0.4, 0.5) is 5.95 Å². The summed E-state index contributed by atoms with van der Waals surface area (Å²) in [6.07, 6.45) is 5.94. The molecule has 1 fully saturated rings. The van der Waals surface area contributed by atoms with Crippen LogP contribution in [-0.4, -0.2) is 21.1 Å². The molecule has 0 spiro atoms. The number of fused-ring (bicyclic) bond motifs is 1. The lowest BCUT2D eigenvalue weighted by Gasteiger charge is -1.98. The molecular weight excluding hydrogens is 268 g/mol. The van der Waals surface area contributed by atoms with E-state index in [1.807, 2.05) is 18.3 Å². The van der Waals surface area contributed by atoms with Gasteiger partial charge in [-0.1, -0.05) is 12.8 Å². The normalized spacial score (nSPS) is 15.6. The zero-order valence-corrected chi connectivity index (χ0v) is 10.4. The summed E-state index contributed by atoms with van der Waals surface area (Å²) in [6, 6.07) is 3.92. The highest BCUT2D eigenvalue weighted by atomic mass is 79.9. The van der Waals surface area contributed by atoms with E-state index in [0.717, 1.165) is 28.5 Å². The maximum Gasteiger partial charge on any atom is 0.243 e. The monoisotopic (exact) mass is 280 g/mol. The van der Waals surface area contributed by atoms with Crippen LogP contribution in [0.2, 0.25) is 0 Å². The summed E-state index contributed by atoms with van der Waals surface area (Å²) in [5.74, 6) is 1.66. The minimum atomic E-state index is 0.721. The molecule has 84 valence electrons. The number of rotatable bonds is 4. The van der Waals surface area contributed by atoms with Crippen molar-refractivity contribution in [1.82, 2.24) is 14.6 Å². The number of hydrogen-bond donors (Lipinski definition) is 1. The van der Waals surface area contributed by atoms with Crippen molar-refractivity contribution in [1.29, 1.82) is 0 Å². The Morgan fingerprint density at radius 2 is 2.31 bits per heavy atom. The molecule has 0 aliphatic heterocycles. The van der Waals surface area contributed by atoms with E-state index in [4.69, 9.17) is 0 Å². The third kappa shape index (κ3) is 2.19. The molecule has 2 heterocycles. The van der Waals surface area contributed by atoms with Gasteiger partial charge in [-0.3, -0.25) is 0 Å². The van der Waals surface area contributed by atoms with E-state index in [9.17, 15) is 0 Å². The molecular formula is C11H13BrN4. The van der Waals surface area contributed by atoms with Crippen LogP contribution < -0.4 is 5.32 Å². The predicted octanol–water partition coefficient (Wildman–Crippen LogP) is 2.70. The van der Waals surface area contributed by atoms with Gasteiger partial charge in [0.05, 0.1) is 0 Å². The second-order valence-electron chi connectivity index (χ2n) is 4.24. The topological polar surface area (TPSA) is 42.2 Å². The summed E-state index contributed by atoms with van der Waals surface area (Å²) in [6.45, 7) is 0.975. The van der Waals surface area contributed by atoms with Crippen LogP contribution in [0.1, 0.15) is 19.3 Å². The number of nitrogens with zero attached hydrogens (tertiary/aromatic N) is 3. The van der Waals surface area contributed by atoms with E-state index in [2.05, 4.69) is 31.3 Å². The van der Waals surface area contributed by atoms with Gasteiger partial charge in [-0.05, 0) is 40.4 Å². The fraction of sp³-hybridized carbons (Fsp3) is 0.455. The minimum Gasteiger partial charge on any atom is -0.353 e. The molecule has 4 nitrogen and oxygen atoms in total. The first-order chi connectivity index (χ1) is 7.81. The SMILES string of the molecule is Brc1ccc2nc(NCCC3CC3)nn2c1. The number of anilines is 1. The Hall–Kier alpha value is -1.10. The van der Waals surface area contributed by atoms with Crippen molar-refractivity contribution in [3.05, 3.63) is 22.8 Å². The zero-order valence-electron chi connectivity index (χ0n) is 8.86. The number of aromatic nitrogens is 3. The standard InChI is InChI=1S/C11H13BrN4/c12-9-3-4-10-14-11(15-16(10)7-9)13-6-5-8-1-2-8/h3-4,7-8H,1-2,5-6H2,(H,13,15). The smallest absolute Gasteiger partial charge is 0.243 e. The molecule has 0 unspecified atom stereocenters. The van der Waals surface area contributed by atoms with Gasteiger partial charge in [0.25, 0.3) is 0 Å². The fourth-order valence-electron chi connectivity index (χ4n) is 1.73. The van der Waals surface area contributed by atoms with Gasteiger partial charge < -0.3 is 5.32 Å². The van der Waals surface area contributed by atoms with Gasteiger partial charge in [0.15, 0.2) is 5.65 Å². The Morgan fingerprint density at radius 1 is 1.44 bits per heavy atom. The molecule has 1 aliphatic carbocycles. The first-order valence-corrected chi connectivity index (χ1v) is 6.36. The Morgan fingerprint density at radius 3 is 3.12 bits per heavy atom. The van der Waals surface area contributed by atoms with Crippen molar-refractivity contribution >= 4 is 27.5 Å². The molecule has 5 heteroatoms. The van der Waals surface area contributed by atoms with Gasteiger partial charge in [-0.25, -0.2) is 4.52 Å². The third-order valence-corrected chi connectivity index (χ3v) is 3.30. The van der Waals surface area contributed by atoms with Gasteiger partial charge in [0.1, 0.15) is 0 Å². The number of halogens is 1. The molecule has 0 atom stereocenters. The van der Waals surface area contributed by atoms with Crippen molar-refractivity contribution in [3.8, 4) is 0 Å².